The largest absolute Gasteiger partial charge is 0.497 e. The number of aromatic nitrogens is 5. The molecule has 0 atom stereocenters. The number of ether oxygens (including phenoxy) is 1. The Morgan fingerprint density at radius 1 is 1.36 bits per heavy atom. The van der Waals surface area contributed by atoms with E-state index in [-0.39, 0.29) is 10.8 Å². The molecule has 28 heavy (non-hydrogen) atoms. The standard InChI is InChI=1S/C16H13F3N6O2S/c1-9-22-23-24-25(9)12(7-10-4-3-5-11(6-10)27-2)14(26)21-15-20-13(8-28-15)16(17,18)19/h3-8H,1-2H3,(H,20,21,26)/b12-7-. The van der Waals surface area contributed by atoms with E-state index in [0.717, 1.165) is 5.38 Å². The maximum absolute atomic E-state index is 12.7. The Kier molecular flexibility index (Phi) is 5.40. The molecule has 0 aliphatic carbocycles. The fourth-order valence-electron chi connectivity index (χ4n) is 2.19. The predicted octanol–water partition coefficient (Wildman–Crippen LogP) is 3.10. The quantitative estimate of drug-likeness (QED) is 0.650. The first-order valence-electron chi connectivity index (χ1n) is 7.73. The molecule has 1 amide bonds. The van der Waals surface area contributed by atoms with Gasteiger partial charge >= 0.3 is 6.18 Å². The molecule has 0 fully saturated rings. The van der Waals surface area contributed by atoms with Crippen molar-refractivity contribution in [1.82, 2.24) is 25.2 Å². The topological polar surface area (TPSA) is 94.8 Å². The maximum atomic E-state index is 12.7. The van der Waals surface area contributed by atoms with Crippen molar-refractivity contribution in [3.05, 3.63) is 46.7 Å². The van der Waals surface area contributed by atoms with Crippen LogP contribution in [0.3, 0.4) is 0 Å². The zero-order valence-corrected chi connectivity index (χ0v) is 15.4. The number of halogens is 3. The molecule has 0 spiro atoms. The summed E-state index contributed by atoms with van der Waals surface area (Å²) in [5, 5.41) is 14.0. The lowest BCUT2D eigenvalue weighted by molar-refractivity contribution is -0.140. The Morgan fingerprint density at radius 3 is 2.75 bits per heavy atom. The van der Waals surface area contributed by atoms with Gasteiger partial charge in [-0.3, -0.25) is 10.1 Å². The number of rotatable bonds is 5. The van der Waals surface area contributed by atoms with Crippen molar-refractivity contribution >= 4 is 34.1 Å². The van der Waals surface area contributed by atoms with Crippen LogP contribution in [0.2, 0.25) is 0 Å². The summed E-state index contributed by atoms with van der Waals surface area (Å²) in [6.45, 7) is 1.58. The van der Waals surface area contributed by atoms with Gasteiger partial charge in [0.2, 0.25) is 0 Å². The summed E-state index contributed by atoms with van der Waals surface area (Å²) in [5.41, 5.74) is -0.473. The molecule has 12 heteroatoms. The van der Waals surface area contributed by atoms with Gasteiger partial charge in [-0.1, -0.05) is 12.1 Å². The van der Waals surface area contributed by atoms with Gasteiger partial charge in [-0.25, -0.2) is 4.98 Å². The number of methoxy groups -OCH3 is 1. The van der Waals surface area contributed by atoms with Crippen molar-refractivity contribution in [2.45, 2.75) is 13.1 Å². The van der Waals surface area contributed by atoms with Crippen molar-refractivity contribution in [1.29, 1.82) is 0 Å². The minimum absolute atomic E-state index is 0.000452. The highest BCUT2D eigenvalue weighted by Gasteiger charge is 2.34. The molecule has 0 radical (unpaired) electrons. The number of nitrogens with zero attached hydrogens (tertiary/aromatic N) is 5. The van der Waals surface area contributed by atoms with Gasteiger partial charge < -0.3 is 4.74 Å². The molecule has 8 nitrogen and oxygen atoms in total. The Balaban J connectivity index is 1.95. The summed E-state index contributed by atoms with van der Waals surface area (Å²) in [6.07, 6.45) is -3.11. The minimum Gasteiger partial charge on any atom is -0.497 e. The molecule has 1 aromatic carbocycles. The second-order valence-electron chi connectivity index (χ2n) is 5.43. The fraction of sp³-hybridized carbons (Fsp3) is 0.188. The molecule has 1 N–H and O–H groups in total. The Morgan fingerprint density at radius 2 is 2.14 bits per heavy atom. The molecule has 2 aromatic heterocycles. The first kappa shape index (κ1) is 19.5. The summed E-state index contributed by atoms with van der Waals surface area (Å²) in [7, 11) is 1.50. The van der Waals surface area contributed by atoms with Crippen LogP contribution in [0.1, 0.15) is 17.1 Å². The van der Waals surface area contributed by atoms with Crippen LogP contribution in [0.4, 0.5) is 18.3 Å². The van der Waals surface area contributed by atoms with Crippen molar-refractivity contribution in [2.75, 3.05) is 12.4 Å². The lowest BCUT2D eigenvalue weighted by Crippen LogP contribution is -2.19. The normalized spacial score (nSPS) is 12.1. The van der Waals surface area contributed by atoms with Gasteiger partial charge in [0.05, 0.1) is 7.11 Å². The Hall–Kier alpha value is -3.28. The van der Waals surface area contributed by atoms with E-state index in [4.69, 9.17) is 4.74 Å². The number of hydrogen-bond acceptors (Lipinski definition) is 7. The number of aryl methyl sites for hydroxylation is 1. The molecule has 0 bridgehead atoms. The molecular weight excluding hydrogens is 397 g/mol. The van der Waals surface area contributed by atoms with E-state index < -0.39 is 17.8 Å². The molecule has 2 heterocycles. The average molecular weight is 410 g/mol. The number of thiazole rings is 1. The van der Waals surface area contributed by atoms with Gasteiger partial charge in [-0.2, -0.15) is 17.9 Å². The molecule has 0 saturated carbocycles. The van der Waals surface area contributed by atoms with Gasteiger partial charge in [-0.15, -0.1) is 16.4 Å². The van der Waals surface area contributed by atoms with E-state index in [1.807, 2.05) is 0 Å². The second-order valence-corrected chi connectivity index (χ2v) is 6.29. The second kappa shape index (κ2) is 7.76. The molecule has 0 saturated heterocycles. The summed E-state index contributed by atoms with van der Waals surface area (Å²) in [6, 6.07) is 6.86. The van der Waals surface area contributed by atoms with Crippen LogP contribution in [0.25, 0.3) is 11.8 Å². The SMILES string of the molecule is COc1cccc(/C=C(/C(=O)Nc2nc(C(F)(F)F)cs2)n2nnnc2C)c1. The molecule has 3 aromatic rings. The number of benzene rings is 1. The zero-order valence-electron chi connectivity index (χ0n) is 14.6. The first-order valence-corrected chi connectivity index (χ1v) is 8.61. The van der Waals surface area contributed by atoms with Crippen molar-refractivity contribution in [3.63, 3.8) is 0 Å². The molecule has 0 unspecified atom stereocenters. The number of carbonyl (C=O) groups excluding carboxylic acids is 1. The summed E-state index contributed by atoms with van der Waals surface area (Å²) >= 11 is 0.665. The van der Waals surface area contributed by atoms with Crippen LogP contribution in [0, 0.1) is 6.92 Å². The smallest absolute Gasteiger partial charge is 0.434 e. The van der Waals surface area contributed by atoms with Crippen LogP contribution in [0.15, 0.2) is 29.6 Å². The third kappa shape index (κ3) is 4.34. The van der Waals surface area contributed by atoms with Crippen LogP contribution < -0.4 is 10.1 Å². The monoisotopic (exact) mass is 410 g/mol. The maximum Gasteiger partial charge on any atom is 0.434 e. The van der Waals surface area contributed by atoms with E-state index in [0.29, 0.717) is 28.5 Å². The lowest BCUT2D eigenvalue weighted by atomic mass is 10.1. The molecular formula is C16H13F3N6O2S. The van der Waals surface area contributed by atoms with Crippen molar-refractivity contribution in [2.24, 2.45) is 0 Å². The number of carbonyl (C=O) groups is 1. The van der Waals surface area contributed by atoms with Gasteiger partial charge in [0.25, 0.3) is 5.91 Å². The highest BCUT2D eigenvalue weighted by Crippen LogP contribution is 2.32. The van der Waals surface area contributed by atoms with Gasteiger partial charge in [0.1, 0.15) is 11.4 Å². The van der Waals surface area contributed by atoms with E-state index in [1.54, 1.807) is 31.2 Å². The summed E-state index contributed by atoms with van der Waals surface area (Å²) in [4.78, 5) is 16.1. The van der Waals surface area contributed by atoms with E-state index in [2.05, 4.69) is 25.8 Å². The highest BCUT2D eigenvalue weighted by atomic mass is 32.1. The Bertz CT molecular complexity index is 1030. The van der Waals surface area contributed by atoms with Crippen LogP contribution >= 0.6 is 11.3 Å². The summed E-state index contributed by atoms with van der Waals surface area (Å²) in [5.74, 6) is 0.164. The number of amides is 1. The lowest BCUT2D eigenvalue weighted by Gasteiger charge is -2.08. The number of nitrogens with one attached hydrogen (secondary N) is 1. The van der Waals surface area contributed by atoms with Gasteiger partial charge in [0, 0.05) is 5.38 Å². The van der Waals surface area contributed by atoms with E-state index in [1.165, 1.54) is 17.9 Å². The van der Waals surface area contributed by atoms with Crippen LogP contribution in [-0.4, -0.2) is 38.2 Å². The summed E-state index contributed by atoms with van der Waals surface area (Å²) < 4.78 is 44.5. The molecule has 0 aliphatic rings. The zero-order chi connectivity index (χ0) is 20.3. The molecule has 3 rings (SSSR count). The Labute approximate surface area is 160 Å². The van der Waals surface area contributed by atoms with Crippen molar-refractivity contribution < 1.29 is 22.7 Å². The average Bonchev–Trinajstić information content (AvgIpc) is 3.28. The molecule has 146 valence electrons. The highest BCUT2D eigenvalue weighted by molar-refractivity contribution is 7.14. The first-order chi connectivity index (χ1) is 13.3. The van der Waals surface area contributed by atoms with Crippen LogP contribution in [-0.2, 0) is 11.0 Å². The molecule has 0 aliphatic heterocycles. The fourth-order valence-corrected chi connectivity index (χ4v) is 2.90. The van der Waals surface area contributed by atoms with Gasteiger partial charge in [0.15, 0.2) is 16.6 Å². The van der Waals surface area contributed by atoms with Crippen LogP contribution in [0.5, 0.6) is 5.75 Å². The number of hydrogen-bond donors (Lipinski definition) is 1. The predicted molar refractivity (Wildman–Crippen MR) is 95.5 cm³/mol. The number of alkyl halides is 3. The van der Waals surface area contributed by atoms with E-state index >= 15 is 0 Å². The van der Waals surface area contributed by atoms with Gasteiger partial charge in [-0.05, 0) is 41.1 Å². The number of tetrazole rings is 1. The third-order valence-corrected chi connectivity index (χ3v) is 4.26. The number of anilines is 1. The third-order valence-electron chi connectivity index (χ3n) is 3.50. The van der Waals surface area contributed by atoms with E-state index in [9.17, 15) is 18.0 Å². The van der Waals surface area contributed by atoms with Crippen molar-refractivity contribution in [3.8, 4) is 5.75 Å². The minimum atomic E-state index is -4.59.